The molecule has 0 aliphatic rings. The first kappa shape index (κ1) is 9.03. The molecule has 0 aliphatic heterocycles. The summed E-state index contributed by atoms with van der Waals surface area (Å²) >= 11 is 9.52. The van der Waals surface area contributed by atoms with Gasteiger partial charge in [0.25, 0.3) is 0 Å². The molecule has 2 aromatic rings. The van der Waals surface area contributed by atoms with E-state index >= 15 is 0 Å². The molecule has 0 N–H and O–H groups in total. The third-order valence-electron chi connectivity index (χ3n) is 2.15. The van der Waals surface area contributed by atoms with Gasteiger partial charge < -0.3 is 4.57 Å². The largest absolute Gasteiger partial charge is 0.330 e. The molecule has 68 valence electrons. The summed E-state index contributed by atoms with van der Waals surface area (Å²) in [6.07, 6.45) is 0. The monoisotopic (exact) mass is 258 g/mol. The molecule has 0 aliphatic carbocycles. The van der Waals surface area contributed by atoms with E-state index in [0.717, 1.165) is 26.4 Å². The minimum Gasteiger partial charge on any atom is -0.330 e. The standard InChI is InChI=1S/C9H8BrClN2/c1-5-12-7-4-3-6(10)8(11)9(7)13(5)2/h3-4H,1-2H3. The molecule has 1 aromatic carbocycles. The summed E-state index contributed by atoms with van der Waals surface area (Å²) in [5, 5.41) is 0.723. The van der Waals surface area contributed by atoms with Crippen molar-refractivity contribution in [1.29, 1.82) is 0 Å². The average molecular weight is 260 g/mol. The van der Waals surface area contributed by atoms with Gasteiger partial charge in [-0.05, 0) is 35.0 Å². The highest BCUT2D eigenvalue weighted by molar-refractivity contribution is 9.10. The quantitative estimate of drug-likeness (QED) is 0.710. The molecule has 0 radical (unpaired) electrons. The van der Waals surface area contributed by atoms with Gasteiger partial charge in [-0.25, -0.2) is 4.98 Å². The van der Waals surface area contributed by atoms with Crippen molar-refractivity contribution in [3.8, 4) is 0 Å². The third-order valence-corrected chi connectivity index (χ3v) is 3.42. The van der Waals surface area contributed by atoms with Gasteiger partial charge >= 0.3 is 0 Å². The van der Waals surface area contributed by atoms with Gasteiger partial charge in [-0.15, -0.1) is 0 Å². The van der Waals surface area contributed by atoms with E-state index in [4.69, 9.17) is 11.6 Å². The molecule has 0 atom stereocenters. The lowest BCUT2D eigenvalue weighted by Gasteiger charge is -2.00. The number of halogens is 2. The number of fused-ring (bicyclic) bond motifs is 1. The smallest absolute Gasteiger partial charge is 0.106 e. The summed E-state index contributed by atoms with van der Waals surface area (Å²) in [4.78, 5) is 4.37. The number of nitrogens with zero attached hydrogens (tertiary/aromatic N) is 2. The van der Waals surface area contributed by atoms with E-state index in [-0.39, 0.29) is 0 Å². The van der Waals surface area contributed by atoms with Gasteiger partial charge in [0.05, 0.1) is 16.1 Å². The Morgan fingerprint density at radius 1 is 1.46 bits per heavy atom. The van der Waals surface area contributed by atoms with E-state index in [9.17, 15) is 0 Å². The lowest BCUT2D eigenvalue weighted by Crippen LogP contribution is -1.90. The van der Waals surface area contributed by atoms with Gasteiger partial charge in [0.15, 0.2) is 0 Å². The van der Waals surface area contributed by atoms with E-state index in [0.29, 0.717) is 0 Å². The molecule has 1 heterocycles. The lowest BCUT2D eigenvalue weighted by molar-refractivity contribution is 0.886. The van der Waals surface area contributed by atoms with Gasteiger partial charge in [0, 0.05) is 11.5 Å². The predicted octanol–water partition coefficient (Wildman–Crippen LogP) is 3.30. The van der Waals surface area contributed by atoms with Crippen LogP contribution in [-0.4, -0.2) is 9.55 Å². The zero-order chi connectivity index (χ0) is 9.59. The average Bonchev–Trinajstić information content (AvgIpc) is 2.37. The molecule has 0 unspecified atom stereocenters. The molecular weight excluding hydrogens is 251 g/mol. The van der Waals surface area contributed by atoms with E-state index < -0.39 is 0 Å². The highest BCUT2D eigenvalue weighted by atomic mass is 79.9. The van der Waals surface area contributed by atoms with E-state index in [2.05, 4.69) is 20.9 Å². The summed E-state index contributed by atoms with van der Waals surface area (Å²) < 4.78 is 2.90. The van der Waals surface area contributed by atoms with Crippen molar-refractivity contribution >= 4 is 38.6 Å². The van der Waals surface area contributed by atoms with Crippen LogP contribution in [0.4, 0.5) is 0 Å². The number of rotatable bonds is 0. The predicted molar refractivity (Wildman–Crippen MR) is 58.2 cm³/mol. The highest BCUT2D eigenvalue weighted by Crippen LogP contribution is 2.30. The third kappa shape index (κ3) is 1.27. The Morgan fingerprint density at radius 2 is 2.15 bits per heavy atom. The first-order valence-electron chi connectivity index (χ1n) is 3.88. The van der Waals surface area contributed by atoms with Crippen LogP contribution in [-0.2, 0) is 7.05 Å². The van der Waals surface area contributed by atoms with Crippen LogP contribution in [0.3, 0.4) is 0 Å². The van der Waals surface area contributed by atoms with Crippen LogP contribution in [0.1, 0.15) is 5.82 Å². The highest BCUT2D eigenvalue weighted by Gasteiger charge is 2.09. The Kier molecular flexibility index (Phi) is 2.08. The summed E-state index contributed by atoms with van der Waals surface area (Å²) in [5.41, 5.74) is 1.92. The summed E-state index contributed by atoms with van der Waals surface area (Å²) in [6.45, 7) is 1.96. The van der Waals surface area contributed by atoms with Gasteiger partial charge in [-0.2, -0.15) is 0 Å². The van der Waals surface area contributed by atoms with Crippen LogP contribution in [0.15, 0.2) is 16.6 Å². The van der Waals surface area contributed by atoms with Gasteiger partial charge in [0.2, 0.25) is 0 Å². The van der Waals surface area contributed by atoms with E-state index in [1.165, 1.54) is 0 Å². The molecule has 0 saturated heterocycles. The van der Waals surface area contributed by atoms with Crippen LogP contribution >= 0.6 is 27.5 Å². The maximum absolute atomic E-state index is 6.14. The van der Waals surface area contributed by atoms with Gasteiger partial charge in [-0.3, -0.25) is 0 Å². The molecule has 0 fully saturated rings. The number of aromatic nitrogens is 2. The van der Waals surface area contributed by atoms with Crippen LogP contribution in [0.25, 0.3) is 11.0 Å². The zero-order valence-corrected chi connectivity index (χ0v) is 9.65. The van der Waals surface area contributed by atoms with Crippen molar-refractivity contribution in [2.24, 2.45) is 7.05 Å². The molecule has 0 saturated carbocycles. The lowest BCUT2D eigenvalue weighted by atomic mass is 10.3. The van der Waals surface area contributed by atoms with E-state index in [1.54, 1.807) is 0 Å². The molecule has 0 bridgehead atoms. The minimum absolute atomic E-state index is 0.723. The molecule has 0 amide bonds. The zero-order valence-electron chi connectivity index (χ0n) is 7.31. The number of benzene rings is 1. The minimum atomic E-state index is 0.723. The Hall–Kier alpha value is -0.540. The molecule has 2 rings (SSSR count). The van der Waals surface area contributed by atoms with Gasteiger partial charge in [0.1, 0.15) is 5.82 Å². The van der Waals surface area contributed by atoms with Crippen LogP contribution in [0.5, 0.6) is 0 Å². The summed E-state index contributed by atoms with van der Waals surface area (Å²) in [5.74, 6) is 0.968. The first-order valence-corrected chi connectivity index (χ1v) is 5.05. The Balaban J connectivity index is 2.97. The Labute approximate surface area is 89.7 Å². The van der Waals surface area contributed by atoms with Crippen LogP contribution in [0.2, 0.25) is 5.02 Å². The molecule has 13 heavy (non-hydrogen) atoms. The number of hydrogen-bond donors (Lipinski definition) is 0. The maximum Gasteiger partial charge on any atom is 0.106 e. The van der Waals surface area contributed by atoms with Crippen molar-refractivity contribution in [2.45, 2.75) is 6.92 Å². The maximum atomic E-state index is 6.14. The molecule has 1 aromatic heterocycles. The molecule has 0 spiro atoms. The SMILES string of the molecule is Cc1nc2ccc(Br)c(Cl)c2n1C. The van der Waals surface area contributed by atoms with Gasteiger partial charge in [-0.1, -0.05) is 11.6 Å². The molecular formula is C9H8BrClN2. The van der Waals surface area contributed by atoms with Crippen molar-refractivity contribution in [1.82, 2.24) is 9.55 Å². The van der Waals surface area contributed by atoms with Crippen LogP contribution in [0, 0.1) is 6.92 Å². The summed E-state index contributed by atoms with van der Waals surface area (Å²) in [6, 6.07) is 3.87. The Bertz CT molecular complexity index is 476. The van der Waals surface area contributed by atoms with Crippen molar-refractivity contribution in [2.75, 3.05) is 0 Å². The second-order valence-electron chi connectivity index (χ2n) is 2.95. The second kappa shape index (κ2) is 3.00. The fourth-order valence-corrected chi connectivity index (χ4v) is 1.96. The van der Waals surface area contributed by atoms with Crippen molar-refractivity contribution < 1.29 is 0 Å². The number of imidazole rings is 1. The fourth-order valence-electron chi connectivity index (χ4n) is 1.35. The number of hydrogen-bond acceptors (Lipinski definition) is 1. The normalized spacial score (nSPS) is 11.1. The second-order valence-corrected chi connectivity index (χ2v) is 4.18. The Morgan fingerprint density at radius 3 is 2.85 bits per heavy atom. The molecule has 4 heteroatoms. The number of aryl methyl sites for hydroxylation is 2. The molecule has 2 nitrogen and oxygen atoms in total. The topological polar surface area (TPSA) is 17.8 Å². The van der Waals surface area contributed by atoms with E-state index in [1.807, 2.05) is 30.7 Å². The van der Waals surface area contributed by atoms with Crippen molar-refractivity contribution in [3.05, 3.63) is 27.5 Å². The summed E-state index contributed by atoms with van der Waals surface area (Å²) in [7, 11) is 1.96. The first-order chi connectivity index (χ1) is 6.11. The van der Waals surface area contributed by atoms with Crippen LogP contribution < -0.4 is 0 Å². The fraction of sp³-hybridized carbons (Fsp3) is 0.222. The van der Waals surface area contributed by atoms with Crippen molar-refractivity contribution in [3.63, 3.8) is 0 Å².